The van der Waals surface area contributed by atoms with Gasteiger partial charge < -0.3 is 5.73 Å². The van der Waals surface area contributed by atoms with Gasteiger partial charge in [0, 0.05) is 22.1 Å². The van der Waals surface area contributed by atoms with Gasteiger partial charge in [0.2, 0.25) is 0 Å². The molecule has 96 valence electrons. The lowest BCUT2D eigenvalue weighted by Gasteiger charge is -2.26. The van der Waals surface area contributed by atoms with Crippen molar-refractivity contribution in [3.8, 4) is 0 Å². The fourth-order valence-corrected chi connectivity index (χ4v) is 2.94. The monoisotopic (exact) mass is 255 g/mol. The molecule has 17 heavy (non-hydrogen) atoms. The molecule has 0 spiro atoms. The average Bonchev–Trinajstić information content (AvgIpc) is 2.26. The second-order valence-corrected chi connectivity index (χ2v) is 6.41. The molecule has 0 bridgehead atoms. The Morgan fingerprint density at radius 2 is 1.71 bits per heavy atom. The number of benzene rings is 1. The van der Waals surface area contributed by atoms with Crippen molar-refractivity contribution in [2.45, 2.75) is 44.2 Å². The van der Waals surface area contributed by atoms with Crippen molar-refractivity contribution in [2.24, 2.45) is 11.7 Å². The molecule has 0 aliphatic carbocycles. The third-order valence-electron chi connectivity index (χ3n) is 2.99. The van der Waals surface area contributed by atoms with Gasteiger partial charge >= 0.3 is 0 Å². The van der Waals surface area contributed by atoms with Crippen molar-refractivity contribution in [3.63, 3.8) is 0 Å². The van der Waals surface area contributed by atoms with E-state index in [4.69, 9.17) is 5.73 Å². The Kier molecular flexibility index (Phi) is 5.47. The van der Waals surface area contributed by atoms with Crippen molar-refractivity contribution >= 4 is 11.8 Å². The third kappa shape index (κ3) is 4.00. The standard InChI is InChI=1S/C14H22FNS/c1-9(2)11(4)17-14(10(3)16)12-7-5-6-8-13(12)15/h5-11,14H,16H2,1-4H3. The summed E-state index contributed by atoms with van der Waals surface area (Å²) in [5.74, 6) is 0.409. The van der Waals surface area contributed by atoms with Crippen LogP contribution in [0.3, 0.4) is 0 Å². The Labute approximate surface area is 108 Å². The van der Waals surface area contributed by atoms with E-state index in [1.54, 1.807) is 17.8 Å². The largest absolute Gasteiger partial charge is 0.327 e. The summed E-state index contributed by atoms with van der Waals surface area (Å²) < 4.78 is 13.8. The lowest BCUT2D eigenvalue weighted by Crippen LogP contribution is -2.25. The maximum Gasteiger partial charge on any atom is 0.127 e. The van der Waals surface area contributed by atoms with Crippen LogP contribution in [0, 0.1) is 11.7 Å². The highest BCUT2D eigenvalue weighted by atomic mass is 32.2. The van der Waals surface area contributed by atoms with Gasteiger partial charge in [-0.15, -0.1) is 11.8 Å². The van der Waals surface area contributed by atoms with Crippen LogP contribution >= 0.6 is 11.8 Å². The van der Waals surface area contributed by atoms with Crippen LogP contribution in [0.25, 0.3) is 0 Å². The van der Waals surface area contributed by atoms with Crippen LogP contribution in [0.1, 0.15) is 38.5 Å². The zero-order chi connectivity index (χ0) is 13.0. The summed E-state index contributed by atoms with van der Waals surface area (Å²) in [5, 5.41) is 0.485. The van der Waals surface area contributed by atoms with E-state index in [-0.39, 0.29) is 17.1 Å². The van der Waals surface area contributed by atoms with Crippen LogP contribution in [0.4, 0.5) is 4.39 Å². The molecule has 0 fully saturated rings. The SMILES string of the molecule is CC(C)C(C)SC(c1ccccc1F)C(C)N. The second kappa shape index (κ2) is 6.41. The Morgan fingerprint density at radius 3 is 2.18 bits per heavy atom. The van der Waals surface area contributed by atoms with Gasteiger partial charge in [-0.25, -0.2) is 4.39 Å². The molecule has 0 aromatic heterocycles. The summed E-state index contributed by atoms with van der Waals surface area (Å²) in [6, 6.07) is 6.87. The maximum atomic E-state index is 13.8. The summed E-state index contributed by atoms with van der Waals surface area (Å²) in [6.45, 7) is 8.47. The van der Waals surface area contributed by atoms with Crippen LogP contribution in [0.15, 0.2) is 24.3 Å². The Morgan fingerprint density at radius 1 is 1.12 bits per heavy atom. The predicted molar refractivity (Wildman–Crippen MR) is 74.7 cm³/mol. The highest BCUT2D eigenvalue weighted by Crippen LogP contribution is 2.37. The molecule has 1 aromatic carbocycles. The quantitative estimate of drug-likeness (QED) is 0.861. The van der Waals surface area contributed by atoms with Crippen molar-refractivity contribution in [3.05, 3.63) is 35.6 Å². The molecule has 0 amide bonds. The van der Waals surface area contributed by atoms with Crippen molar-refractivity contribution in [1.29, 1.82) is 0 Å². The molecule has 3 atom stereocenters. The fourth-order valence-electron chi connectivity index (χ4n) is 1.57. The first-order chi connectivity index (χ1) is 7.93. The fraction of sp³-hybridized carbons (Fsp3) is 0.571. The number of hydrogen-bond donors (Lipinski definition) is 1. The first-order valence-electron chi connectivity index (χ1n) is 6.09. The zero-order valence-corrected chi connectivity index (χ0v) is 11.8. The van der Waals surface area contributed by atoms with E-state index in [0.29, 0.717) is 11.2 Å². The molecule has 0 radical (unpaired) electrons. The van der Waals surface area contributed by atoms with Crippen LogP contribution in [0.5, 0.6) is 0 Å². The molecule has 3 unspecified atom stereocenters. The van der Waals surface area contributed by atoms with Crippen molar-refractivity contribution in [2.75, 3.05) is 0 Å². The molecule has 1 rings (SSSR count). The van der Waals surface area contributed by atoms with Gasteiger partial charge in [0.1, 0.15) is 5.82 Å². The molecule has 0 aliphatic rings. The smallest absolute Gasteiger partial charge is 0.127 e. The topological polar surface area (TPSA) is 26.0 Å². The summed E-state index contributed by atoms with van der Waals surface area (Å²) >= 11 is 1.76. The Hall–Kier alpha value is -0.540. The minimum atomic E-state index is -0.154. The molecule has 1 aromatic rings. The predicted octanol–water partition coefficient (Wildman–Crippen LogP) is 3.99. The minimum Gasteiger partial charge on any atom is -0.327 e. The Balaban J connectivity index is 2.91. The van der Waals surface area contributed by atoms with Crippen LogP contribution in [0.2, 0.25) is 0 Å². The van der Waals surface area contributed by atoms with Gasteiger partial charge in [0.05, 0.1) is 0 Å². The van der Waals surface area contributed by atoms with Gasteiger partial charge in [0.15, 0.2) is 0 Å². The van der Waals surface area contributed by atoms with E-state index in [2.05, 4.69) is 20.8 Å². The molecular weight excluding hydrogens is 233 g/mol. The molecule has 0 aliphatic heterocycles. The van der Waals surface area contributed by atoms with Crippen LogP contribution in [-0.4, -0.2) is 11.3 Å². The first-order valence-corrected chi connectivity index (χ1v) is 7.03. The molecule has 0 saturated carbocycles. The third-order valence-corrected chi connectivity index (χ3v) is 4.94. The highest BCUT2D eigenvalue weighted by molar-refractivity contribution is 8.00. The lowest BCUT2D eigenvalue weighted by molar-refractivity contribution is 0.587. The first kappa shape index (κ1) is 14.5. The molecule has 3 heteroatoms. The summed E-state index contributed by atoms with van der Waals surface area (Å²) in [6.07, 6.45) is 0. The van der Waals surface area contributed by atoms with Gasteiger partial charge in [-0.2, -0.15) is 0 Å². The maximum absolute atomic E-state index is 13.8. The summed E-state index contributed by atoms with van der Waals surface area (Å²) in [4.78, 5) is 0. The molecule has 2 N–H and O–H groups in total. The number of hydrogen-bond acceptors (Lipinski definition) is 2. The number of rotatable bonds is 5. The van der Waals surface area contributed by atoms with Gasteiger partial charge in [-0.05, 0) is 18.9 Å². The molecular formula is C14H22FNS. The number of nitrogens with two attached hydrogens (primary N) is 1. The van der Waals surface area contributed by atoms with E-state index in [0.717, 1.165) is 5.56 Å². The zero-order valence-electron chi connectivity index (χ0n) is 11.0. The van der Waals surface area contributed by atoms with Crippen molar-refractivity contribution < 1.29 is 4.39 Å². The molecule has 0 saturated heterocycles. The van der Waals surface area contributed by atoms with Gasteiger partial charge in [-0.3, -0.25) is 0 Å². The summed E-state index contributed by atoms with van der Waals surface area (Å²) in [5.41, 5.74) is 6.72. The number of halogens is 1. The van der Waals surface area contributed by atoms with E-state index in [9.17, 15) is 4.39 Å². The second-order valence-electron chi connectivity index (χ2n) is 4.89. The van der Waals surface area contributed by atoms with E-state index >= 15 is 0 Å². The van der Waals surface area contributed by atoms with E-state index < -0.39 is 0 Å². The molecule has 1 nitrogen and oxygen atoms in total. The minimum absolute atomic E-state index is 0.0219. The highest BCUT2D eigenvalue weighted by Gasteiger charge is 2.23. The van der Waals surface area contributed by atoms with E-state index in [1.165, 1.54) is 6.07 Å². The normalized spacial score (nSPS) is 16.9. The molecule has 0 heterocycles. The van der Waals surface area contributed by atoms with Gasteiger partial charge in [0.25, 0.3) is 0 Å². The number of thioether (sulfide) groups is 1. The Bertz CT molecular complexity index is 352. The van der Waals surface area contributed by atoms with E-state index in [1.807, 2.05) is 19.1 Å². The average molecular weight is 255 g/mol. The van der Waals surface area contributed by atoms with Gasteiger partial charge in [-0.1, -0.05) is 39.0 Å². The van der Waals surface area contributed by atoms with Crippen LogP contribution in [-0.2, 0) is 0 Å². The summed E-state index contributed by atoms with van der Waals surface area (Å²) in [7, 11) is 0. The van der Waals surface area contributed by atoms with Crippen LogP contribution < -0.4 is 5.73 Å². The lowest BCUT2D eigenvalue weighted by atomic mass is 10.1. The van der Waals surface area contributed by atoms with Crippen molar-refractivity contribution in [1.82, 2.24) is 0 Å².